The Labute approximate surface area is 123 Å². The van der Waals surface area contributed by atoms with Crippen LogP contribution in [0.2, 0.25) is 0 Å². The molecule has 21 heavy (non-hydrogen) atoms. The topological polar surface area (TPSA) is 85.0 Å². The summed E-state index contributed by atoms with van der Waals surface area (Å²) in [6.07, 6.45) is 4.07. The van der Waals surface area contributed by atoms with Crippen LogP contribution >= 0.6 is 0 Å². The molecule has 6 heteroatoms. The van der Waals surface area contributed by atoms with Gasteiger partial charge >= 0.3 is 0 Å². The number of nitrogens with one attached hydrogen (secondary N) is 2. The first-order chi connectivity index (χ1) is 10.1. The van der Waals surface area contributed by atoms with Crippen molar-refractivity contribution in [2.75, 3.05) is 22.9 Å². The van der Waals surface area contributed by atoms with E-state index in [1.54, 1.807) is 4.68 Å². The van der Waals surface area contributed by atoms with Crippen LogP contribution in [-0.4, -0.2) is 22.2 Å². The zero-order valence-corrected chi connectivity index (χ0v) is 12.0. The third-order valence-corrected chi connectivity index (χ3v) is 3.64. The first-order valence-corrected chi connectivity index (χ1v) is 7.06. The Balaban J connectivity index is 1.67. The van der Waals surface area contributed by atoms with E-state index in [4.69, 9.17) is 5.73 Å². The van der Waals surface area contributed by atoms with Gasteiger partial charge in [0.05, 0.1) is 17.1 Å². The van der Waals surface area contributed by atoms with Gasteiger partial charge in [0.15, 0.2) is 0 Å². The molecule has 0 unspecified atom stereocenters. The normalized spacial score (nSPS) is 13.7. The van der Waals surface area contributed by atoms with E-state index in [2.05, 4.69) is 15.7 Å². The zero-order valence-electron chi connectivity index (χ0n) is 12.0. The van der Waals surface area contributed by atoms with Crippen LogP contribution in [0.4, 0.5) is 17.1 Å². The minimum Gasteiger partial charge on any atom is -0.397 e. The van der Waals surface area contributed by atoms with Gasteiger partial charge in [0.2, 0.25) is 5.91 Å². The van der Waals surface area contributed by atoms with Crippen molar-refractivity contribution in [2.24, 2.45) is 7.05 Å². The summed E-state index contributed by atoms with van der Waals surface area (Å²) in [4.78, 5) is 11.4. The summed E-state index contributed by atoms with van der Waals surface area (Å²) in [6, 6.07) is 5.87. The van der Waals surface area contributed by atoms with E-state index in [0.29, 0.717) is 12.1 Å². The number of rotatable bonds is 4. The molecule has 6 nitrogen and oxygen atoms in total. The Kier molecular flexibility index (Phi) is 3.51. The second-order valence-electron chi connectivity index (χ2n) is 5.30. The molecule has 1 aliphatic heterocycles. The van der Waals surface area contributed by atoms with Crippen molar-refractivity contribution >= 4 is 23.0 Å². The summed E-state index contributed by atoms with van der Waals surface area (Å²) in [6.45, 7) is 0.770. The lowest BCUT2D eigenvalue weighted by molar-refractivity contribution is -0.116. The van der Waals surface area contributed by atoms with Gasteiger partial charge in [0, 0.05) is 38.3 Å². The van der Waals surface area contributed by atoms with Crippen molar-refractivity contribution in [3.8, 4) is 0 Å². The highest BCUT2D eigenvalue weighted by molar-refractivity contribution is 5.95. The number of aromatic nitrogens is 2. The molecule has 0 aliphatic carbocycles. The van der Waals surface area contributed by atoms with Crippen LogP contribution in [-0.2, 0) is 24.7 Å². The Morgan fingerprint density at radius 1 is 1.43 bits per heavy atom. The van der Waals surface area contributed by atoms with E-state index in [1.807, 2.05) is 31.4 Å². The van der Waals surface area contributed by atoms with E-state index < -0.39 is 0 Å². The van der Waals surface area contributed by atoms with Crippen molar-refractivity contribution in [3.05, 3.63) is 35.7 Å². The monoisotopic (exact) mass is 285 g/mol. The highest BCUT2D eigenvalue weighted by Gasteiger charge is 2.16. The lowest BCUT2D eigenvalue weighted by Gasteiger charge is -2.19. The third-order valence-electron chi connectivity index (χ3n) is 3.64. The number of benzene rings is 1. The summed E-state index contributed by atoms with van der Waals surface area (Å²) in [5.41, 5.74) is 10.6. The average Bonchev–Trinajstić information content (AvgIpc) is 2.85. The lowest BCUT2D eigenvalue weighted by atomic mass is 10.0. The molecule has 0 saturated heterocycles. The molecule has 2 heterocycles. The Morgan fingerprint density at radius 2 is 2.29 bits per heavy atom. The van der Waals surface area contributed by atoms with Gasteiger partial charge in [-0.25, -0.2) is 0 Å². The molecule has 2 aromatic rings. The van der Waals surface area contributed by atoms with Crippen molar-refractivity contribution in [1.82, 2.24) is 9.78 Å². The minimum atomic E-state index is 0.0535. The van der Waals surface area contributed by atoms with E-state index in [0.717, 1.165) is 42.0 Å². The quantitative estimate of drug-likeness (QED) is 0.744. The number of carbonyl (C=O) groups excluding carboxylic acids is 1. The van der Waals surface area contributed by atoms with E-state index in [-0.39, 0.29) is 5.91 Å². The van der Waals surface area contributed by atoms with Crippen LogP contribution in [0.3, 0.4) is 0 Å². The molecule has 0 spiro atoms. The second kappa shape index (κ2) is 5.47. The first kappa shape index (κ1) is 13.5. The Bertz CT molecular complexity index is 677. The van der Waals surface area contributed by atoms with Crippen molar-refractivity contribution < 1.29 is 4.79 Å². The van der Waals surface area contributed by atoms with Crippen molar-refractivity contribution in [2.45, 2.75) is 19.3 Å². The molecule has 0 bridgehead atoms. The zero-order chi connectivity index (χ0) is 14.8. The Morgan fingerprint density at radius 3 is 3.05 bits per heavy atom. The highest BCUT2D eigenvalue weighted by atomic mass is 16.1. The van der Waals surface area contributed by atoms with E-state index in [9.17, 15) is 4.79 Å². The summed E-state index contributed by atoms with van der Waals surface area (Å²) in [5, 5.41) is 10.5. The van der Waals surface area contributed by atoms with Gasteiger partial charge in [0.1, 0.15) is 0 Å². The largest absolute Gasteiger partial charge is 0.397 e. The number of hydrogen-bond donors (Lipinski definition) is 3. The van der Waals surface area contributed by atoms with Crippen molar-refractivity contribution in [3.63, 3.8) is 0 Å². The number of nitrogens with two attached hydrogens (primary N) is 1. The number of aryl methyl sites for hydroxylation is 2. The number of hydrogen-bond acceptors (Lipinski definition) is 4. The smallest absolute Gasteiger partial charge is 0.224 e. The van der Waals surface area contributed by atoms with Gasteiger partial charge in [-0.05, 0) is 30.2 Å². The molecule has 1 aromatic carbocycles. The number of nitrogen functional groups attached to an aromatic ring is 1. The van der Waals surface area contributed by atoms with Gasteiger partial charge in [-0.3, -0.25) is 9.48 Å². The maximum absolute atomic E-state index is 11.4. The van der Waals surface area contributed by atoms with E-state index in [1.165, 1.54) is 0 Å². The summed E-state index contributed by atoms with van der Waals surface area (Å²) in [5.74, 6) is 0.0535. The number of carbonyl (C=O) groups is 1. The number of nitrogens with zero attached hydrogens (tertiary/aromatic N) is 2. The molecular weight excluding hydrogens is 266 g/mol. The number of anilines is 3. The predicted molar refractivity (Wildman–Crippen MR) is 83.2 cm³/mol. The molecule has 0 atom stereocenters. The van der Waals surface area contributed by atoms with Crippen LogP contribution in [0, 0.1) is 0 Å². The summed E-state index contributed by atoms with van der Waals surface area (Å²) in [7, 11) is 1.91. The summed E-state index contributed by atoms with van der Waals surface area (Å²) < 4.78 is 1.80. The maximum Gasteiger partial charge on any atom is 0.224 e. The van der Waals surface area contributed by atoms with Crippen molar-refractivity contribution in [1.29, 1.82) is 0 Å². The average molecular weight is 285 g/mol. The fourth-order valence-corrected chi connectivity index (χ4v) is 2.52. The van der Waals surface area contributed by atoms with Crippen LogP contribution in [0.1, 0.15) is 17.7 Å². The second-order valence-corrected chi connectivity index (χ2v) is 5.30. The van der Waals surface area contributed by atoms with Gasteiger partial charge in [-0.1, -0.05) is 0 Å². The molecule has 4 N–H and O–H groups in total. The third kappa shape index (κ3) is 2.99. The molecule has 1 aromatic heterocycles. The SMILES string of the molecule is Cn1ccc(CCNc2cc3c(cc2N)NC(=O)CC3)n1. The fraction of sp³-hybridized carbons (Fsp3) is 0.333. The van der Waals surface area contributed by atoms with Crippen LogP contribution < -0.4 is 16.4 Å². The maximum atomic E-state index is 11.4. The Hall–Kier alpha value is -2.50. The molecule has 1 aliphatic rings. The fourth-order valence-electron chi connectivity index (χ4n) is 2.52. The van der Waals surface area contributed by atoms with Gasteiger partial charge in [-0.2, -0.15) is 5.10 Å². The number of amides is 1. The molecule has 0 radical (unpaired) electrons. The minimum absolute atomic E-state index is 0.0535. The molecule has 0 fully saturated rings. The molecule has 1 amide bonds. The van der Waals surface area contributed by atoms with E-state index >= 15 is 0 Å². The van der Waals surface area contributed by atoms with Crippen LogP contribution in [0.25, 0.3) is 0 Å². The lowest BCUT2D eigenvalue weighted by Crippen LogP contribution is -2.19. The molecule has 0 saturated carbocycles. The molecule has 110 valence electrons. The summed E-state index contributed by atoms with van der Waals surface area (Å²) >= 11 is 0. The first-order valence-electron chi connectivity index (χ1n) is 7.06. The van der Waals surface area contributed by atoms with Gasteiger partial charge in [-0.15, -0.1) is 0 Å². The van der Waals surface area contributed by atoms with Gasteiger partial charge < -0.3 is 16.4 Å². The molecular formula is C15H19N5O. The standard InChI is InChI=1S/C15H19N5O/c1-20-7-5-11(19-20)4-6-17-14-8-10-2-3-15(21)18-13(10)9-12(14)16/h5,7-9,17H,2-4,6,16H2,1H3,(H,18,21). The van der Waals surface area contributed by atoms with Gasteiger partial charge in [0.25, 0.3) is 0 Å². The number of fused-ring (bicyclic) bond motifs is 1. The molecule has 3 rings (SSSR count). The van der Waals surface area contributed by atoms with Crippen LogP contribution in [0.5, 0.6) is 0 Å². The predicted octanol–water partition coefficient (Wildman–Crippen LogP) is 1.54. The highest BCUT2D eigenvalue weighted by Crippen LogP contribution is 2.30. The van der Waals surface area contributed by atoms with Crippen LogP contribution in [0.15, 0.2) is 24.4 Å².